The van der Waals surface area contributed by atoms with E-state index < -0.39 is 5.97 Å². The number of hydrogen-bond donors (Lipinski definition) is 1. The van der Waals surface area contributed by atoms with Gasteiger partial charge in [0.05, 0.1) is 13.5 Å². The Balaban J connectivity index is 1.84. The Bertz CT molecular complexity index is 592. The number of anilines is 2. The van der Waals surface area contributed by atoms with Gasteiger partial charge in [-0.3, -0.25) is 14.4 Å². The topological polar surface area (TPSA) is 79.0 Å². The normalized spacial score (nSPS) is 14.2. The number of methoxy groups -OCH3 is 1. The van der Waals surface area contributed by atoms with Gasteiger partial charge in [0.2, 0.25) is 11.8 Å². The van der Waals surface area contributed by atoms with Crippen LogP contribution >= 0.6 is 0 Å². The number of ether oxygens (including phenoxy) is 1. The van der Waals surface area contributed by atoms with Crippen LogP contribution in [0, 0.1) is 0 Å². The second kappa shape index (κ2) is 8.33. The zero-order valence-electron chi connectivity index (χ0n) is 14.1. The van der Waals surface area contributed by atoms with Crippen LogP contribution in [0.25, 0.3) is 0 Å². The Morgan fingerprint density at radius 2 is 1.67 bits per heavy atom. The van der Waals surface area contributed by atoms with Crippen molar-refractivity contribution in [1.29, 1.82) is 0 Å². The van der Waals surface area contributed by atoms with Gasteiger partial charge in [-0.2, -0.15) is 0 Å². The summed E-state index contributed by atoms with van der Waals surface area (Å²) in [5.74, 6) is -0.506. The van der Waals surface area contributed by atoms with Crippen molar-refractivity contribution in [2.24, 2.45) is 0 Å². The number of piperazine rings is 1. The average molecular weight is 333 g/mol. The molecule has 0 saturated carbocycles. The highest BCUT2D eigenvalue weighted by Gasteiger charge is 2.18. The van der Waals surface area contributed by atoms with Crippen LogP contribution in [0.2, 0.25) is 0 Å². The molecule has 1 aliphatic rings. The Hall–Kier alpha value is -2.57. The van der Waals surface area contributed by atoms with E-state index in [9.17, 15) is 14.4 Å². The molecule has 1 aromatic rings. The highest BCUT2D eigenvalue weighted by atomic mass is 16.5. The van der Waals surface area contributed by atoms with Crippen molar-refractivity contribution in [1.82, 2.24) is 4.90 Å². The molecule has 1 aliphatic heterocycles. The van der Waals surface area contributed by atoms with Gasteiger partial charge in [0.1, 0.15) is 0 Å². The second-order valence-electron chi connectivity index (χ2n) is 5.66. The number of hydrogen-bond acceptors (Lipinski definition) is 5. The summed E-state index contributed by atoms with van der Waals surface area (Å²) >= 11 is 0. The maximum atomic E-state index is 11.8. The molecule has 2 rings (SSSR count). The first-order valence-electron chi connectivity index (χ1n) is 7.97. The number of carbonyl (C=O) groups is 3. The molecular formula is C17H23N3O4. The number of amides is 2. The van der Waals surface area contributed by atoms with E-state index in [1.165, 1.54) is 7.11 Å². The average Bonchev–Trinajstić information content (AvgIpc) is 2.60. The molecule has 1 fully saturated rings. The van der Waals surface area contributed by atoms with E-state index in [4.69, 9.17) is 0 Å². The van der Waals surface area contributed by atoms with Gasteiger partial charge in [0.25, 0.3) is 0 Å². The molecule has 0 aliphatic carbocycles. The fraction of sp³-hybridized carbons (Fsp3) is 0.471. The highest BCUT2D eigenvalue weighted by molar-refractivity contribution is 5.92. The summed E-state index contributed by atoms with van der Waals surface area (Å²) in [6.07, 6.45) is 0.169. The number of esters is 1. The number of rotatable bonds is 5. The van der Waals surface area contributed by atoms with Crippen molar-refractivity contribution in [3.05, 3.63) is 24.3 Å². The Labute approximate surface area is 141 Å². The lowest BCUT2D eigenvalue weighted by Gasteiger charge is -2.35. The number of carbonyl (C=O) groups excluding carboxylic acids is 3. The molecule has 0 spiro atoms. The lowest BCUT2D eigenvalue weighted by molar-refractivity contribution is -0.141. The van der Waals surface area contributed by atoms with Crippen LogP contribution < -0.4 is 10.2 Å². The molecular weight excluding hydrogens is 310 g/mol. The first kappa shape index (κ1) is 17.8. The molecule has 0 atom stereocenters. The largest absolute Gasteiger partial charge is 0.469 e. The predicted octanol–water partition coefficient (Wildman–Crippen LogP) is 1.25. The molecule has 0 radical (unpaired) electrons. The smallest absolute Gasteiger partial charge is 0.306 e. The molecule has 2 amide bonds. The third-order valence-electron chi connectivity index (χ3n) is 4.03. The van der Waals surface area contributed by atoms with Crippen molar-refractivity contribution in [2.45, 2.75) is 19.8 Å². The van der Waals surface area contributed by atoms with E-state index >= 15 is 0 Å². The SMILES string of the molecule is COC(=O)CCC(=O)Nc1ccc(N2CCN(C(C)=O)CC2)cc1. The van der Waals surface area contributed by atoms with Crippen LogP contribution in [0.15, 0.2) is 24.3 Å². The first-order chi connectivity index (χ1) is 11.5. The lowest BCUT2D eigenvalue weighted by atomic mass is 10.2. The summed E-state index contributed by atoms with van der Waals surface area (Å²) in [5.41, 5.74) is 1.75. The molecule has 1 aromatic carbocycles. The monoisotopic (exact) mass is 333 g/mol. The summed E-state index contributed by atoms with van der Waals surface area (Å²) in [4.78, 5) is 38.2. The fourth-order valence-electron chi connectivity index (χ4n) is 2.58. The number of benzene rings is 1. The minimum atomic E-state index is -0.398. The standard InChI is InChI=1S/C17H23N3O4/c1-13(21)19-9-11-20(12-10-19)15-5-3-14(4-6-15)18-16(22)7-8-17(23)24-2/h3-6H,7-12H2,1-2H3,(H,18,22). The Morgan fingerprint density at radius 1 is 1.04 bits per heavy atom. The number of nitrogens with one attached hydrogen (secondary N) is 1. The zero-order chi connectivity index (χ0) is 17.5. The quantitative estimate of drug-likeness (QED) is 0.821. The zero-order valence-corrected chi connectivity index (χ0v) is 14.1. The van der Waals surface area contributed by atoms with E-state index in [-0.39, 0.29) is 24.7 Å². The van der Waals surface area contributed by atoms with E-state index in [2.05, 4.69) is 15.0 Å². The van der Waals surface area contributed by atoms with Crippen LogP contribution in [0.4, 0.5) is 11.4 Å². The molecule has 1 heterocycles. The molecule has 0 bridgehead atoms. The van der Waals surface area contributed by atoms with Gasteiger partial charge in [0, 0.05) is 50.9 Å². The molecule has 0 unspecified atom stereocenters. The summed E-state index contributed by atoms with van der Waals surface area (Å²) in [7, 11) is 1.30. The lowest BCUT2D eigenvalue weighted by Crippen LogP contribution is -2.48. The number of nitrogens with zero attached hydrogens (tertiary/aromatic N) is 2. The molecule has 7 nitrogen and oxygen atoms in total. The maximum Gasteiger partial charge on any atom is 0.306 e. The Morgan fingerprint density at radius 3 is 2.21 bits per heavy atom. The fourth-order valence-corrected chi connectivity index (χ4v) is 2.58. The van der Waals surface area contributed by atoms with Crippen LogP contribution in [0.3, 0.4) is 0 Å². The molecule has 1 saturated heterocycles. The third-order valence-corrected chi connectivity index (χ3v) is 4.03. The summed E-state index contributed by atoms with van der Waals surface area (Å²) in [5, 5.41) is 2.76. The summed E-state index contributed by atoms with van der Waals surface area (Å²) in [6, 6.07) is 7.56. The van der Waals surface area contributed by atoms with Crippen molar-refractivity contribution in [2.75, 3.05) is 43.5 Å². The van der Waals surface area contributed by atoms with E-state index in [1.54, 1.807) is 6.92 Å². The predicted molar refractivity (Wildman–Crippen MR) is 90.8 cm³/mol. The molecule has 130 valence electrons. The molecule has 1 N–H and O–H groups in total. The van der Waals surface area contributed by atoms with Gasteiger partial charge < -0.3 is 19.9 Å². The van der Waals surface area contributed by atoms with Gasteiger partial charge in [0.15, 0.2) is 0 Å². The van der Waals surface area contributed by atoms with Crippen molar-refractivity contribution in [3.63, 3.8) is 0 Å². The Kier molecular flexibility index (Phi) is 6.17. The van der Waals surface area contributed by atoms with Crippen molar-refractivity contribution < 1.29 is 19.1 Å². The van der Waals surface area contributed by atoms with Crippen LogP contribution in [0.5, 0.6) is 0 Å². The first-order valence-corrected chi connectivity index (χ1v) is 7.97. The summed E-state index contributed by atoms with van der Waals surface area (Å²) in [6.45, 7) is 4.63. The molecule has 24 heavy (non-hydrogen) atoms. The van der Waals surface area contributed by atoms with Gasteiger partial charge in [-0.1, -0.05) is 0 Å². The van der Waals surface area contributed by atoms with Gasteiger partial charge >= 0.3 is 5.97 Å². The van der Waals surface area contributed by atoms with E-state index in [0.29, 0.717) is 5.69 Å². The van der Waals surface area contributed by atoms with Crippen LogP contribution in [-0.4, -0.2) is 56.0 Å². The minimum absolute atomic E-state index is 0.0703. The molecule has 7 heteroatoms. The second-order valence-corrected chi connectivity index (χ2v) is 5.66. The maximum absolute atomic E-state index is 11.8. The van der Waals surface area contributed by atoms with Gasteiger partial charge in [-0.15, -0.1) is 0 Å². The van der Waals surface area contributed by atoms with Crippen LogP contribution in [0.1, 0.15) is 19.8 Å². The van der Waals surface area contributed by atoms with E-state index in [1.807, 2.05) is 29.2 Å². The van der Waals surface area contributed by atoms with E-state index in [0.717, 1.165) is 31.9 Å². The van der Waals surface area contributed by atoms with Gasteiger partial charge in [-0.05, 0) is 24.3 Å². The third kappa shape index (κ3) is 4.97. The van der Waals surface area contributed by atoms with Crippen LogP contribution in [-0.2, 0) is 19.1 Å². The van der Waals surface area contributed by atoms with Crippen molar-refractivity contribution >= 4 is 29.2 Å². The highest BCUT2D eigenvalue weighted by Crippen LogP contribution is 2.19. The van der Waals surface area contributed by atoms with Crippen molar-refractivity contribution in [3.8, 4) is 0 Å². The van der Waals surface area contributed by atoms with Gasteiger partial charge in [-0.25, -0.2) is 0 Å². The molecule has 0 aromatic heterocycles. The summed E-state index contributed by atoms with van der Waals surface area (Å²) < 4.78 is 4.51. The minimum Gasteiger partial charge on any atom is -0.469 e.